The highest BCUT2D eigenvalue weighted by molar-refractivity contribution is 5.82. The van der Waals surface area contributed by atoms with E-state index in [2.05, 4.69) is 10.3 Å². The lowest BCUT2D eigenvalue weighted by Gasteiger charge is -2.32. The Labute approximate surface area is 175 Å². The summed E-state index contributed by atoms with van der Waals surface area (Å²) < 4.78 is 33.4. The van der Waals surface area contributed by atoms with Gasteiger partial charge in [-0.3, -0.25) is 9.59 Å². The molecule has 1 atom stereocenters. The molecule has 0 saturated heterocycles. The quantitative estimate of drug-likeness (QED) is 0.647. The molecule has 0 radical (unpaired) electrons. The van der Waals surface area contributed by atoms with E-state index in [4.69, 9.17) is 4.74 Å². The highest BCUT2D eigenvalue weighted by Gasteiger charge is 2.32. The number of halogens is 2. The molecule has 4 rings (SSSR count). The number of rotatable bonds is 6. The van der Waals surface area contributed by atoms with Gasteiger partial charge in [0.15, 0.2) is 5.82 Å². The third-order valence-electron chi connectivity index (χ3n) is 5.02. The molecule has 0 fully saturated rings. The largest absolute Gasteiger partial charge is 0.481 e. The van der Waals surface area contributed by atoms with Crippen LogP contribution in [0.1, 0.15) is 22.7 Å². The van der Waals surface area contributed by atoms with E-state index in [0.29, 0.717) is 17.8 Å². The number of amides is 1. The van der Waals surface area contributed by atoms with Crippen LogP contribution in [0.4, 0.5) is 8.78 Å². The summed E-state index contributed by atoms with van der Waals surface area (Å²) in [5, 5.41) is 17.1. The number of aromatic nitrogens is 3. The van der Waals surface area contributed by atoms with Crippen LogP contribution in [0, 0.1) is 11.6 Å². The van der Waals surface area contributed by atoms with Crippen molar-refractivity contribution in [1.82, 2.24) is 19.9 Å². The molecule has 10 heteroatoms. The number of hydrogen-bond donors (Lipinski definition) is 1. The molecule has 1 aliphatic rings. The molecule has 1 amide bonds. The van der Waals surface area contributed by atoms with Crippen molar-refractivity contribution in [3.05, 3.63) is 77.1 Å². The standard InChI is InChI=1S/C21H18F2N4O4/c22-14-5-6-19(18(23)7-14)27-9-15(24-25-27)11-31-12-20(28)26-8-13-3-1-2-4-16(13)17(10-26)21(29)30/h1-7,9,17H,8,10-12H2,(H,29,30). The molecule has 1 unspecified atom stereocenters. The van der Waals surface area contributed by atoms with Crippen molar-refractivity contribution in [1.29, 1.82) is 0 Å². The van der Waals surface area contributed by atoms with E-state index in [9.17, 15) is 23.5 Å². The second-order valence-corrected chi connectivity index (χ2v) is 7.11. The zero-order valence-corrected chi connectivity index (χ0v) is 16.2. The Morgan fingerprint density at radius 1 is 1.19 bits per heavy atom. The first-order valence-electron chi connectivity index (χ1n) is 9.45. The third-order valence-corrected chi connectivity index (χ3v) is 5.02. The molecule has 0 spiro atoms. The van der Waals surface area contributed by atoms with Gasteiger partial charge in [-0.05, 0) is 23.3 Å². The van der Waals surface area contributed by atoms with Crippen LogP contribution in [0.2, 0.25) is 0 Å². The first-order valence-corrected chi connectivity index (χ1v) is 9.45. The van der Waals surface area contributed by atoms with Gasteiger partial charge in [0.05, 0.1) is 18.7 Å². The molecular weight excluding hydrogens is 410 g/mol. The zero-order valence-electron chi connectivity index (χ0n) is 16.2. The van der Waals surface area contributed by atoms with Crippen molar-refractivity contribution >= 4 is 11.9 Å². The van der Waals surface area contributed by atoms with Crippen molar-refractivity contribution in [2.75, 3.05) is 13.2 Å². The first kappa shape index (κ1) is 20.6. The minimum absolute atomic E-state index is 0.0305. The predicted molar refractivity (Wildman–Crippen MR) is 103 cm³/mol. The van der Waals surface area contributed by atoms with Gasteiger partial charge >= 0.3 is 5.97 Å². The molecule has 2 heterocycles. The summed E-state index contributed by atoms with van der Waals surface area (Å²) in [4.78, 5) is 25.6. The van der Waals surface area contributed by atoms with Gasteiger partial charge < -0.3 is 14.7 Å². The van der Waals surface area contributed by atoms with Gasteiger partial charge in [-0.1, -0.05) is 29.5 Å². The summed E-state index contributed by atoms with van der Waals surface area (Å²) in [6, 6.07) is 10.2. The minimum atomic E-state index is -0.990. The Hall–Kier alpha value is -3.66. The fourth-order valence-electron chi connectivity index (χ4n) is 3.49. The van der Waals surface area contributed by atoms with Crippen molar-refractivity contribution in [3.63, 3.8) is 0 Å². The number of carboxylic acids is 1. The van der Waals surface area contributed by atoms with Crippen molar-refractivity contribution in [2.24, 2.45) is 0 Å². The number of carbonyl (C=O) groups is 2. The molecule has 3 aromatic rings. The maximum absolute atomic E-state index is 13.9. The van der Waals surface area contributed by atoms with Gasteiger partial charge in [-0.15, -0.1) is 5.10 Å². The van der Waals surface area contributed by atoms with Crippen LogP contribution in [-0.4, -0.2) is 50.0 Å². The van der Waals surface area contributed by atoms with E-state index in [0.717, 1.165) is 22.4 Å². The number of ether oxygens (including phenoxy) is 1. The van der Waals surface area contributed by atoms with Gasteiger partial charge in [0.25, 0.3) is 0 Å². The lowest BCUT2D eigenvalue weighted by atomic mass is 9.90. The van der Waals surface area contributed by atoms with Gasteiger partial charge in [0, 0.05) is 19.2 Å². The molecular formula is C21H18F2N4O4. The first-order chi connectivity index (χ1) is 14.9. The molecule has 2 aromatic carbocycles. The van der Waals surface area contributed by atoms with Crippen LogP contribution in [0.25, 0.3) is 5.69 Å². The Kier molecular flexibility index (Phi) is 5.72. The van der Waals surface area contributed by atoms with Gasteiger partial charge in [0.1, 0.15) is 23.8 Å². The fourth-order valence-corrected chi connectivity index (χ4v) is 3.49. The summed E-state index contributed by atoms with van der Waals surface area (Å²) in [7, 11) is 0. The second kappa shape index (κ2) is 8.60. The fraction of sp³-hybridized carbons (Fsp3) is 0.238. The minimum Gasteiger partial charge on any atom is -0.481 e. The summed E-state index contributed by atoms with van der Waals surface area (Å²) in [6.45, 7) is 0.0460. The van der Waals surface area contributed by atoms with Crippen molar-refractivity contribution < 1.29 is 28.2 Å². The Morgan fingerprint density at radius 3 is 2.77 bits per heavy atom. The molecule has 1 aromatic heterocycles. The van der Waals surface area contributed by atoms with Gasteiger partial charge in [-0.25, -0.2) is 13.5 Å². The topological polar surface area (TPSA) is 97.6 Å². The van der Waals surface area contributed by atoms with Crippen LogP contribution >= 0.6 is 0 Å². The maximum Gasteiger partial charge on any atom is 0.312 e. The van der Waals surface area contributed by atoms with Crippen molar-refractivity contribution in [2.45, 2.75) is 19.1 Å². The van der Waals surface area contributed by atoms with E-state index in [1.165, 1.54) is 17.2 Å². The average Bonchev–Trinajstić information content (AvgIpc) is 3.21. The third kappa shape index (κ3) is 4.43. The van der Waals surface area contributed by atoms with Gasteiger partial charge in [0.2, 0.25) is 5.91 Å². The lowest BCUT2D eigenvalue weighted by molar-refractivity contribution is -0.143. The van der Waals surface area contributed by atoms with Gasteiger partial charge in [-0.2, -0.15) is 0 Å². The molecule has 0 aliphatic carbocycles. The van der Waals surface area contributed by atoms with Crippen molar-refractivity contribution in [3.8, 4) is 5.69 Å². The Morgan fingerprint density at radius 2 is 2.00 bits per heavy atom. The normalized spacial score (nSPS) is 15.5. The lowest BCUT2D eigenvalue weighted by Crippen LogP contribution is -2.42. The maximum atomic E-state index is 13.9. The average molecular weight is 428 g/mol. The summed E-state index contributed by atoms with van der Waals surface area (Å²) in [5.74, 6) is -3.62. The molecule has 160 valence electrons. The highest BCUT2D eigenvalue weighted by atomic mass is 19.1. The molecule has 8 nitrogen and oxygen atoms in total. The summed E-state index contributed by atoms with van der Waals surface area (Å²) in [5.41, 5.74) is 1.88. The van der Waals surface area contributed by atoms with E-state index in [1.54, 1.807) is 24.3 Å². The SMILES string of the molecule is O=C(O)C1CN(C(=O)COCc2cn(-c3ccc(F)cc3F)nn2)Cc2ccccc21. The molecule has 0 saturated carbocycles. The number of hydrogen-bond acceptors (Lipinski definition) is 5. The molecule has 1 N–H and O–H groups in total. The van der Waals surface area contributed by atoms with Crippen LogP contribution in [0.3, 0.4) is 0 Å². The van der Waals surface area contributed by atoms with Crippen LogP contribution in [0.15, 0.2) is 48.7 Å². The van der Waals surface area contributed by atoms with Crippen LogP contribution < -0.4 is 0 Å². The Bertz CT molecular complexity index is 1130. The summed E-state index contributed by atoms with van der Waals surface area (Å²) >= 11 is 0. The monoisotopic (exact) mass is 428 g/mol. The number of carbonyl (C=O) groups excluding carboxylic acids is 1. The van der Waals surface area contributed by atoms with Crippen LogP contribution in [0.5, 0.6) is 0 Å². The smallest absolute Gasteiger partial charge is 0.312 e. The predicted octanol–water partition coefficient (Wildman–Crippen LogP) is 2.27. The Balaban J connectivity index is 1.36. The zero-order chi connectivity index (χ0) is 22.0. The molecule has 1 aliphatic heterocycles. The van der Waals surface area contributed by atoms with E-state index in [1.807, 2.05) is 0 Å². The molecule has 31 heavy (non-hydrogen) atoms. The number of benzene rings is 2. The summed E-state index contributed by atoms with van der Waals surface area (Å²) in [6.07, 6.45) is 1.42. The van der Waals surface area contributed by atoms with E-state index < -0.39 is 23.5 Å². The highest BCUT2D eigenvalue weighted by Crippen LogP contribution is 2.28. The van der Waals surface area contributed by atoms with E-state index in [-0.39, 0.29) is 31.4 Å². The number of fused-ring (bicyclic) bond motifs is 1. The number of nitrogens with zero attached hydrogens (tertiary/aromatic N) is 4. The molecule has 0 bridgehead atoms. The number of carboxylic acid groups (broad SMARTS) is 1. The second-order valence-electron chi connectivity index (χ2n) is 7.11. The van der Waals surface area contributed by atoms with Crippen LogP contribution in [-0.2, 0) is 27.5 Å². The van der Waals surface area contributed by atoms with E-state index >= 15 is 0 Å². The number of aliphatic carboxylic acids is 1.